The molecule has 0 aromatic heterocycles. The third-order valence-electron chi connectivity index (χ3n) is 10.8. The van der Waals surface area contributed by atoms with E-state index in [4.69, 9.17) is 10.0 Å². The fourth-order valence-electron chi connectivity index (χ4n) is 6.91. The molecule has 0 heterocycles. The molecule has 0 saturated carbocycles. The van der Waals surface area contributed by atoms with Crippen LogP contribution in [0.3, 0.4) is 0 Å². The summed E-state index contributed by atoms with van der Waals surface area (Å²) in [5, 5.41) is 17.2. The molecule has 0 aliphatic rings. The lowest BCUT2D eigenvalue weighted by Gasteiger charge is -2.09. The second-order valence-corrected chi connectivity index (χ2v) is 25.1. The monoisotopic (exact) mass is 1150 g/mol. The molecule has 9 rings (SSSR count). The van der Waals surface area contributed by atoms with Crippen molar-refractivity contribution in [2.24, 2.45) is 0 Å². The lowest BCUT2D eigenvalue weighted by molar-refractivity contribution is 0.425. The van der Waals surface area contributed by atoms with Crippen molar-refractivity contribution in [1.29, 1.82) is 0 Å². The summed E-state index contributed by atoms with van der Waals surface area (Å²) in [5.41, 5.74) is 4.33. The molecule has 0 unspecified atom stereocenters. The SMILES string of the molecule is O=S(=O)(c1ccc(-c2ccccc2)cc1)c1ccc(S(=O)(=O)c2ccc(-c3ccccc3)cc2)cc1.O=S(=O)(c1ccc(Br)cc1)c1ccc(S(=O)(=O)c2ccc(Br)cc2)cc1.OB(O)c1ccccc1. The van der Waals surface area contributed by atoms with Crippen LogP contribution in [0.25, 0.3) is 22.3 Å². The van der Waals surface area contributed by atoms with Gasteiger partial charge in [0, 0.05) is 8.95 Å². The molecule has 0 fully saturated rings. The zero-order valence-electron chi connectivity index (χ0n) is 37.1. The van der Waals surface area contributed by atoms with E-state index in [2.05, 4.69) is 31.9 Å². The van der Waals surface area contributed by atoms with E-state index in [0.29, 0.717) is 5.46 Å². The van der Waals surface area contributed by atoms with E-state index in [9.17, 15) is 33.7 Å². The summed E-state index contributed by atoms with van der Waals surface area (Å²) < 4.78 is 105. The van der Waals surface area contributed by atoms with Gasteiger partial charge in [0.1, 0.15) is 0 Å². The predicted octanol–water partition coefficient (Wildman–Crippen LogP) is 10.9. The van der Waals surface area contributed by atoms with Gasteiger partial charge in [0.25, 0.3) is 0 Å². The first kappa shape index (κ1) is 52.5. The number of benzene rings is 9. The molecule has 2 N–H and O–H groups in total. The maximum atomic E-state index is 13.1. The van der Waals surface area contributed by atoms with Crippen molar-refractivity contribution in [1.82, 2.24) is 0 Å². The molecule has 9 aromatic carbocycles. The smallest absolute Gasteiger partial charge is 0.423 e. The molecular weight excluding hydrogens is 1110 g/mol. The number of halogens is 2. The van der Waals surface area contributed by atoms with Crippen LogP contribution in [0, 0.1) is 0 Å². The van der Waals surface area contributed by atoms with E-state index in [-0.39, 0.29) is 39.2 Å². The molecule has 10 nitrogen and oxygen atoms in total. The van der Waals surface area contributed by atoms with Crippen molar-refractivity contribution in [3.8, 4) is 22.3 Å². The molecule has 9 aromatic rings. The highest BCUT2D eigenvalue weighted by Gasteiger charge is 2.23. The summed E-state index contributed by atoms with van der Waals surface area (Å²) in [6, 6.07) is 64.5. The number of sulfone groups is 4. The van der Waals surface area contributed by atoms with Crippen LogP contribution >= 0.6 is 31.9 Å². The average molecular weight is 1150 g/mol. The quantitative estimate of drug-likeness (QED) is 0.119. The van der Waals surface area contributed by atoms with Crippen LogP contribution in [-0.4, -0.2) is 50.8 Å². The minimum atomic E-state index is -3.80. The van der Waals surface area contributed by atoms with Gasteiger partial charge >= 0.3 is 7.12 Å². The minimum absolute atomic E-state index is 0.0355. The fourth-order valence-corrected chi connectivity index (χ4v) is 12.5. The van der Waals surface area contributed by atoms with E-state index in [0.717, 1.165) is 31.2 Å². The molecule has 0 atom stereocenters. The van der Waals surface area contributed by atoms with Crippen molar-refractivity contribution in [2.75, 3.05) is 0 Å². The average Bonchev–Trinajstić information content (AvgIpc) is 3.40. The van der Waals surface area contributed by atoms with Gasteiger partial charge in [0.05, 0.1) is 39.2 Å². The topological polar surface area (TPSA) is 177 Å². The Morgan fingerprint density at radius 3 is 0.648 bits per heavy atom. The van der Waals surface area contributed by atoms with Gasteiger partial charge < -0.3 is 10.0 Å². The van der Waals surface area contributed by atoms with E-state index in [1.54, 1.807) is 97.1 Å². The van der Waals surface area contributed by atoms with Crippen LogP contribution in [0.2, 0.25) is 0 Å². The van der Waals surface area contributed by atoms with Crippen molar-refractivity contribution >= 4 is 83.8 Å². The largest absolute Gasteiger partial charge is 0.488 e. The maximum absolute atomic E-state index is 13.1. The zero-order chi connectivity index (χ0) is 50.8. The summed E-state index contributed by atoms with van der Waals surface area (Å²) in [6.07, 6.45) is 0. The number of hydrogen-bond donors (Lipinski definition) is 2. The fraction of sp³-hybridized carbons (Fsp3) is 0. The van der Waals surface area contributed by atoms with Crippen LogP contribution < -0.4 is 5.46 Å². The van der Waals surface area contributed by atoms with Gasteiger partial charge in [-0.05, 0) is 149 Å². The first-order valence-corrected chi connectivity index (χ1v) is 28.8. The van der Waals surface area contributed by atoms with Crippen LogP contribution in [-0.2, 0) is 39.3 Å². The Hall–Kier alpha value is -6.28. The predicted molar refractivity (Wildman–Crippen MR) is 283 cm³/mol. The number of rotatable bonds is 11. The van der Waals surface area contributed by atoms with Crippen LogP contribution in [0.1, 0.15) is 0 Å². The Morgan fingerprint density at radius 2 is 0.437 bits per heavy atom. The second-order valence-electron chi connectivity index (χ2n) is 15.4. The molecule has 0 spiro atoms. The Balaban J connectivity index is 0.000000184. The van der Waals surface area contributed by atoms with E-state index < -0.39 is 46.5 Å². The third-order valence-corrected chi connectivity index (χ3v) is 19.0. The second kappa shape index (κ2) is 22.9. The van der Waals surface area contributed by atoms with Crippen LogP contribution in [0.4, 0.5) is 0 Å². The third kappa shape index (κ3) is 12.8. The highest BCUT2D eigenvalue weighted by Crippen LogP contribution is 2.30. The Labute approximate surface area is 431 Å². The Kier molecular flexibility index (Phi) is 16.9. The summed E-state index contributed by atoms with van der Waals surface area (Å²) in [7, 11) is -16.4. The van der Waals surface area contributed by atoms with E-state index >= 15 is 0 Å². The van der Waals surface area contributed by atoms with Crippen molar-refractivity contribution < 1.29 is 43.7 Å². The maximum Gasteiger partial charge on any atom is 0.488 e. The zero-order valence-corrected chi connectivity index (χ0v) is 43.6. The summed E-state index contributed by atoms with van der Waals surface area (Å²) >= 11 is 6.52. The first-order chi connectivity index (χ1) is 33.9. The van der Waals surface area contributed by atoms with Crippen LogP contribution in [0.5, 0.6) is 0 Å². The summed E-state index contributed by atoms with van der Waals surface area (Å²) in [6.45, 7) is 0. The minimum Gasteiger partial charge on any atom is -0.423 e. The van der Waals surface area contributed by atoms with E-state index in [1.807, 2.05) is 66.7 Å². The summed E-state index contributed by atoms with van der Waals surface area (Å²) in [4.78, 5) is 0.725. The summed E-state index contributed by atoms with van der Waals surface area (Å²) in [5.74, 6) is 0. The highest BCUT2D eigenvalue weighted by molar-refractivity contribution is 9.10. The molecule has 0 amide bonds. The van der Waals surface area contributed by atoms with Gasteiger partial charge in [-0.1, -0.05) is 147 Å². The highest BCUT2D eigenvalue weighted by atomic mass is 79.9. The van der Waals surface area contributed by atoms with Gasteiger partial charge in [0.2, 0.25) is 39.3 Å². The molecule has 71 heavy (non-hydrogen) atoms. The number of hydrogen-bond acceptors (Lipinski definition) is 10. The normalized spacial score (nSPS) is 11.5. The van der Waals surface area contributed by atoms with Gasteiger partial charge in [0.15, 0.2) is 0 Å². The van der Waals surface area contributed by atoms with Gasteiger partial charge in [-0.2, -0.15) is 0 Å². The Bertz CT molecular complexity index is 3440. The molecule has 17 heteroatoms. The molecule has 0 aliphatic carbocycles. The molecule has 0 aliphatic heterocycles. The molecule has 358 valence electrons. The van der Waals surface area contributed by atoms with Crippen molar-refractivity contribution in [3.63, 3.8) is 0 Å². The lowest BCUT2D eigenvalue weighted by atomic mass is 9.81. The van der Waals surface area contributed by atoms with Crippen molar-refractivity contribution in [2.45, 2.75) is 39.2 Å². The standard InChI is InChI=1S/C30H22O4S2.C18H12Br2O4S2.C6H7BO2/c31-35(32,27-15-11-25(12-16-27)23-7-3-1-4-8-23)29-19-21-30(22-20-29)36(33,34)28-17-13-26(14-18-28)24-9-5-2-6-10-24;19-13-1-5-15(6-2-13)25(21,22)17-9-11-18(12-10-17)26(23,24)16-7-3-14(20)4-8-16;8-7(9)6-4-2-1-3-5-6/h1-22H;1-12H;1-5,8-9H. The van der Waals surface area contributed by atoms with Crippen LogP contribution in [0.15, 0.2) is 285 Å². The molecule has 0 bridgehead atoms. The molecule has 0 saturated heterocycles. The van der Waals surface area contributed by atoms with E-state index in [1.165, 1.54) is 72.8 Å². The van der Waals surface area contributed by atoms with Gasteiger partial charge in [-0.15, -0.1) is 0 Å². The first-order valence-electron chi connectivity index (χ1n) is 21.3. The molecular formula is C54H41BBr2O10S4. The molecule has 0 radical (unpaired) electrons. The van der Waals surface area contributed by atoms with Gasteiger partial charge in [-0.25, -0.2) is 33.7 Å². The van der Waals surface area contributed by atoms with Crippen molar-refractivity contribution in [3.05, 3.63) is 246 Å². The lowest BCUT2D eigenvalue weighted by Crippen LogP contribution is -2.29. The Morgan fingerprint density at radius 1 is 0.254 bits per heavy atom. The van der Waals surface area contributed by atoms with Gasteiger partial charge in [-0.3, -0.25) is 0 Å².